The zero-order valence-electron chi connectivity index (χ0n) is 8.62. The minimum absolute atomic E-state index is 0.0780. The molecular weight excluding hydrogens is 237 g/mol. The number of carbonyl (C=O) groups excluding carboxylic acids is 1. The quantitative estimate of drug-likeness (QED) is 0.596. The second kappa shape index (κ2) is 5.39. The summed E-state index contributed by atoms with van der Waals surface area (Å²) in [5, 5.41) is 0.0780. The lowest BCUT2D eigenvalue weighted by atomic mass is 10.2. The molecule has 16 heavy (non-hydrogen) atoms. The Hall–Kier alpha value is -0.970. The average Bonchev–Trinajstić information content (AvgIpc) is 2.17. The maximum atomic E-state index is 12.2. The minimum Gasteiger partial charge on any atom is -0.303 e. The Balaban J connectivity index is 2.68. The van der Waals surface area contributed by atoms with E-state index in [-0.39, 0.29) is 5.25 Å². The number of thioether (sulfide) groups is 1. The van der Waals surface area contributed by atoms with Gasteiger partial charge in [-0.25, -0.2) is 0 Å². The zero-order chi connectivity index (χ0) is 12.2. The molecule has 0 spiro atoms. The molecule has 0 aliphatic heterocycles. The third kappa shape index (κ3) is 3.89. The van der Waals surface area contributed by atoms with Crippen molar-refractivity contribution >= 4 is 18.0 Å². The van der Waals surface area contributed by atoms with Crippen molar-refractivity contribution in [1.29, 1.82) is 0 Å². The Labute approximate surface area is 96.0 Å². The standard InChI is InChI=1S/C11H11F3OS/c1-8(6-7-15)16-10-4-2-9(3-5-10)11(12,13)14/h2-5,7-8H,6H2,1H3. The van der Waals surface area contributed by atoms with Crippen molar-refractivity contribution < 1.29 is 18.0 Å². The maximum absolute atomic E-state index is 12.2. The van der Waals surface area contributed by atoms with Crippen LogP contribution in [0.4, 0.5) is 13.2 Å². The van der Waals surface area contributed by atoms with Gasteiger partial charge in [-0.05, 0) is 24.3 Å². The Morgan fingerprint density at radius 3 is 2.31 bits per heavy atom. The summed E-state index contributed by atoms with van der Waals surface area (Å²) in [5.41, 5.74) is -0.653. The topological polar surface area (TPSA) is 17.1 Å². The van der Waals surface area contributed by atoms with Crippen LogP contribution in [0.5, 0.6) is 0 Å². The summed E-state index contributed by atoms with van der Waals surface area (Å²) in [6.07, 6.45) is -3.09. The lowest BCUT2D eigenvalue weighted by molar-refractivity contribution is -0.137. The Bertz CT molecular complexity index is 345. The van der Waals surface area contributed by atoms with Crippen molar-refractivity contribution in [3.63, 3.8) is 0 Å². The molecule has 1 rings (SSSR count). The first-order chi connectivity index (χ1) is 7.43. The van der Waals surface area contributed by atoms with Crippen LogP contribution in [0.15, 0.2) is 29.2 Å². The number of hydrogen-bond acceptors (Lipinski definition) is 2. The first-order valence-electron chi connectivity index (χ1n) is 4.71. The van der Waals surface area contributed by atoms with E-state index in [4.69, 9.17) is 0 Å². The highest BCUT2D eigenvalue weighted by Crippen LogP contribution is 2.31. The van der Waals surface area contributed by atoms with Crippen LogP contribution in [0.1, 0.15) is 18.9 Å². The van der Waals surface area contributed by atoms with Gasteiger partial charge in [0.05, 0.1) is 5.56 Å². The SMILES string of the molecule is CC(CC=O)Sc1ccc(C(F)(F)F)cc1. The maximum Gasteiger partial charge on any atom is 0.416 e. The van der Waals surface area contributed by atoms with E-state index < -0.39 is 11.7 Å². The van der Waals surface area contributed by atoms with Gasteiger partial charge in [0.1, 0.15) is 6.29 Å². The molecule has 1 aromatic rings. The van der Waals surface area contributed by atoms with Crippen LogP contribution < -0.4 is 0 Å². The van der Waals surface area contributed by atoms with E-state index in [0.29, 0.717) is 6.42 Å². The van der Waals surface area contributed by atoms with E-state index in [1.807, 2.05) is 6.92 Å². The molecular formula is C11H11F3OS. The summed E-state index contributed by atoms with van der Waals surface area (Å²) in [4.78, 5) is 11.0. The number of aldehydes is 1. The summed E-state index contributed by atoms with van der Waals surface area (Å²) < 4.78 is 36.7. The average molecular weight is 248 g/mol. The lowest BCUT2D eigenvalue weighted by Crippen LogP contribution is -2.04. The predicted molar refractivity (Wildman–Crippen MR) is 57.4 cm³/mol. The smallest absolute Gasteiger partial charge is 0.303 e. The van der Waals surface area contributed by atoms with Gasteiger partial charge < -0.3 is 4.79 Å². The van der Waals surface area contributed by atoms with Gasteiger partial charge in [0.15, 0.2) is 0 Å². The van der Waals surface area contributed by atoms with Crippen molar-refractivity contribution in [2.24, 2.45) is 0 Å². The Kier molecular flexibility index (Phi) is 4.41. The van der Waals surface area contributed by atoms with Gasteiger partial charge in [0.25, 0.3) is 0 Å². The van der Waals surface area contributed by atoms with Crippen molar-refractivity contribution in [3.05, 3.63) is 29.8 Å². The van der Waals surface area contributed by atoms with Crippen LogP contribution >= 0.6 is 11.8 Å². The van der Waals surface area contributed by atoms with E-state index in [1.54, 1.807) is 0 Å². The van der Waals surface area contributed by atoms with Crippen molar-refractivity contribution in [3.8, 4) is 0 Å². The first-order valence-corrected chi connectivity index (χ1v) is 5.59. The summed E-state index contributed by atoms with van der Waals surface area (Å²) in [5.74, 6) is 0. The molecule has 0 aliphatic rings. The van der Waals surface area contributed by atoms with Crippen LogP contribution in [-0.4, -0.2) is 11.5 Å². The molecule has 0 radical (unpaired) electrons. The van der Waals surface area contributed by atoms with Crippen molar-refractivity contribution in [2.75, 3.05) is 0 Å². The van der Waals surface area contributed by atoms with Crippen molar-refractivity contribution in [2.45, 2.75) is 29.7 Å². The highest BCUT2D eigenvalue weighted by atomic mass is 32.2. The van der Waals surface area contributed by atoms with Gasteiger partial charge >= 0.3 is 6.18 Å². The number of hydrogen-bond donors (Lipinski definition) is 0. The molecule has 1 atom stereocenters. The second-order valence-electron chi connectivity index (χ2n) is 3.35. The molecule has 0 heterocycles. The first kappa shape index (κ1) is 13.1. The Morgan fingerprint density at radius 1 is 1.31 bits per heavy atom. The predicted octanol–water partition coefficient (Wildman–Crippen LogP) is 3.78. The molecule has 0 amide bonds. The van der Waals surface area contributed by atoms with E-state index in [2.05, 4.69) is 0 Å². The molecule has 1 unspecified atom stereocenters. The van der Waals surface area contributed by atoms with E-state index in [1.165, 1.54) is 23.9 Å². The summed E-state index contributed by atoms with van der Waals surface area (Å²) in [6.45, 7) is 1.86. The molecule has 1 aromatic carbocycles. The molecule has 0 N–H and O–H groups in total. The normalized spacial score (nSPS) is 13.5. The van der Waals surface area contributed by atoms with E-state index >= 15 is 0 Å². The van der Waals surface area contributed by atoms with Gasteiger partial charge in [-0.2, -0.15) is 13.2 Å². The molecule has 88 valence electrons. The third-order valence-corrected chi connectivity index (χ3v) is 3.09. The van der Waals surface area contributed by atoms with Crippen LogP contribution in [-0.2, 0) is 11.0 Å². The van der Waals surface area contributed by atoms with Gasteiger partial charge in [-0.15, -0.1) is 11.8 Å². The molecule has 0 saturated carbocycles. The fourth-order valence-corrected chi connectivity index (χ4v) is 2.07. The van der Waals surface area contributed by atoms with E-state index in [9.17, 15) is 18.0 Å². The fourth-order valence-electron chi connectivity index (χ4n) is 1.14. The van der Waals surface area contributed by atoms with Crippen LogP contribution in [0.25, 0.3) is 0 Å². The number of halogens is 3. The molecule has 0 fully saturated rings. The number of alkyl halides is 3. The van der Waals surface area contributed by atoms with Gasteiger partial charge in [-0.1, -0.05) is 6.92 Å². The Morgan fingerprint density at radius 2 is 1.88 bits per heavy atom. The largest absolute Gasteiger partial charge is 0.416 e. The number of carbonyl (C=O) groups is 1. The molecule has 5 heteroatoms. The number of rotatable bonds is 4. The molecule has 0 aromatic heterocycles. The lowest BCUT2D eigenvalue weighted by Gasteiger charge is -2.09. The van der Waals surface area contributed by atoms with Crippen molar-refractivity contribution in [1.82, 2.24) is 0 Å². The van der Waals surface area contributed by atoms with Crippen LogP contribution in [0, 0.1) is 0 Å². The molecule has 0 saturated heterocycles. The molecule has 0 aliphatic carbocycles. The third-order valence-electron chi connectivity index (χ3n) is 1.95. The van der Waals surface area contributed by atoms with Crippen LogP contribution in [0.3, 0.4) is 0 Å². The van der Waals surface area contributed by atoms with Crippen LogP contribution in [0.2, 0.25) is 0 Å². The molecule has 1 nitrogen and oxygen atoms in total. The zero-order valence-corrected chi connectivity index (χ0v) is 9.44. The highest BCUT2D eigenvalue weighted by Gasteiger charge is 2.29. The van der Waals surface area contributed by atoms with Gasteiger partial charge in [0.2, 0.25) is 0 Å². The fraction of sp³-hybridized carbons (Fsp3) is 0.364. The highest BCUT2D eigenvalue weighted by molar-refractivity contribution is 8.00. The summed E-state index contributed by atoms with van der Waals surface area (Å²) >= 11 is 1.39. The van der Waals surface area contributed by atoms with E-state index in [0.717, 1.165) is 23.3 Å². The monoisotopic (exact) mass is 248 g/mol. The molecule has 0 bridgehead atoms. The van der Waals surface area contributed by atoms with Gasteiger partial charge in [-0.3, -0.25) is 0 Å². The summed E-state index contributed by atoms with van der Waals surface area (Å²) in [6, 6.07) is 4.95. The van der Waals surface area contributed by atoms with Gasteiger partial charge in [0, 0.05) is 16.6 Å². The second-order valence-corrected chi connectivity index (χ2v) is 4.86. The summed E-state index contributed by atoms with van der Waals surface area (Å²) in [7, 11) is 0. The number of benzene rings is 1. The minimum atomic E-state index is -4.29.